The van der Waals surface area contributed by atoms with Gasteiger partial charge in [-0.3, -0.25) is 4.79 Å². The van der Waals surface area contributed by atoms with Crippen LogP contribution < -0.4 is 0 Å². The van der Waals surface area contributed by atoms with Crippen LogP contribution >= 0.6 is 0 Å². The molecule has 4 heteroatoms. The van der Waals surface area contributed by atoms with Crippen LogP contribution in [0, 0.1) is 20.8 Å². The van der Waals surface area contributed by atoms with Crippen LogP contribution in [0.5, 0.6) is 0 Å². The van der Waals surface area contributed by atoms with E-state index in [4.69, 9.17) is 10.1 Å². The molecule has 1 heterocycles. The normalized spacial score (nSPS) is 11.1. The van der Waals surface area contributed by atoms with Crippen molar-refractivity contribution in [3.63, 3.8) is 0 Å². The second kappa shape index (κ2) is 5.88. The van der Waals surface area contributed by atoms with E-state index in [2.05, 4.69) is 26.0 Å². The molecule has 3 aromatic rings. The Hall–Kier alpha value is -2.62. The summed E-state index contributed by atoms with van der Waals surface area (Å²) in [4.78, 5) is 15.8. The summed E-state index contributed by atoms with van der Waals surface area (Å²) in [6.07, 6.45) is 0.0806. The first-order chi connectivity index (χ1) is 11.0. The summed E-state index contributed by atoms with van der Waals surface area (Å²) >= 11 is 0. The number of carboxylic acids is 1. The molecule has 4 nitrogen and oxygen atoms in total. The molecule has 0 saturated heterocycles. The molecule has 2 aromatic carbocycles. The molecule has 118 valence electrons. The molecular weight excluding hydrogens is 288 g/mol. The van der Waals surface area contributed by atoms with Crippen LogP contribution in [-0.4, -0.2) is 20.6 Å². The number of carboxylic acid groups (broad SMARTS) is 1. The minimum absolute atomic E-state index is 0.0806. The molecule has 3 rings (SSSR count). The highest BCUT2D eigenvalue weighted by Crippen LogP contribution is 2.27. The van der Waals surface area contributed by atoms with Crippen molar-refractivity contribution in [3.8, 4) is 11.4 Å². The van der Waals surface area contributed by atoms with E-state index in [-0.39, 0.29) is 6.42 Å². The fourth-order valence-corrected chi connectivity index (χ4v) is 2.74. The van der Waals surface area contributed by atoms with Gasteiger partial charge in [-0.1, -0.05) is 29.8 Å². The summed E-state index contributed by atoms with van der Waals surface area (Å²) in [6, 6.07) is 12.3. The maximum atomic E-state index is 11.0. The second-order valence-electron chi connectivity index (χ2n) is 6.02. The molecule has 0 unspecified atom stereocenters. The zero-order valence-corrected chi connectivity index (χ0v) is 13.6. The van der Waals surface area contributed by atoms with Crippen LogP contribution in [0.4, 0.5) is 0 Å². The van der Waals surface area contributed by atoms with Gasteiger partial charge < -0.3 is 9.67 Å². The van der Waals surface area contributed by atoms with Crippen molar-refractivity contribution < 1.29 is 9.90 Å². The highest BCUT2D eigenvalue weighted by molar-refractivity contribution is 5.82. The molecule has 0 spiro atoms. The van der Waals surface area contributed by atoms with E-state index in [1.54, 1.807) is 0 Å². The summed E-state index contributed by atoms with van der Waals surface area (Å²) in [5.41, 5.74) is 6.47. The van der Waals surface area contributed by atoms with Crippen LogP contribution in [-0.2, 0) is 11.3 Å². The average Bonchev–Trinajstić information content (AvgIpc) is 2.84. The van der Waals surface area contributed by atoms with Gasteiger partial charge in [-0.2, -0.15) is 0 Å². The van der Waals surface area contributed by atoms with Crippen LogP contribution in [0.3, 0.4) is 0 Å². The van der Waals surface area contributed by atoms with Crippen LogP contribution in [0.25, 0.3) is 22.4 Å². The zero-order valence-electron chi connectivity index (χ0n) is 13.6. The molecule has 0 amide bonds. The van der Waals surface area contributed by atoms with Crippen molar-refractivity contribution in [1.82, 2.24) is 9.55 Å². The van der Waals surface area contributed by atoms with Crippen molar-refractivity contribution in [2.75, 3.05) is 0 Å². The van der Waals surface area contributed by atoms with E-state index < -0.39 is 5.97 Å². The zero-order chi connectivity index (χ0) is 16.6. The monoisotopic (exact) mass is 308 g/mol. The summed E-state index contributed by atoms with van der Waals surface area (Å²) < 4.78 is 2.01. The minimum atomic E-state index is -0.800. The number of aliphatic carboxylic acids is 1. The molecule has 0 radical (unpaired) electrons. The lowest BCUT2D eigenvalue weighted by Crippen LogP contribution is -2.06. The van der Waals surface area contributed by atoms with Gasteiger partial charge in [0, 0.05) is 12.1 Å². The summed E-state index contributed by atoms with van der Waals surface area (Å²) in [6.45, 7) is 6.59. The molecule has 23 heavy (non-hydrogen) atoms. The largest absolute Gasteiger partial charge is 0.481 e. The van der Waals surface area contributed by atoms with Crippen LogP contribution in [0.1, 0.15) is 23.1 Å². The fourth-order valence-electron chi connectivity index (χ4n) is 2.74. The van der Waals surface area contributed by atoms with Gasteiger partial charge >= 0.3 is 5.97 Å². The van der Waals surface area contributed by atoms with Crippen molar-refractivity contribution in [2.24, 2.45) is 0 Å². The Morgan fingerprint density at radius 1 is 1.09 bits per heavy atom. The first kappa shape index (κ1) is 15.3. The number of aromatic nitrogens is 2. The Morgan fingerprint density at radius 2 is 1.74 bits per heavy atom. The van der Waals surface area contributed by atoms with Gasteiger partial charge in [0.25, 0.3) is 0 Å². The van der Waals surface area contributed by atoms with Crippen molar-refractivity contribution in [1.29, 1.82) is 0 Å². The van der Waals surface area contributed by atoms with Crippen molar-refractivity contribution in [2.45, 2.75) is 33.7 Å². The third-order valence-electron chi connectivity index (χ3n) is 4.22. The van der Waals surface area contributed by atoms with E-state index >= 15 is 0 Å². The predicted molar refractivity (Wildman–Crippen MR) is 91.6 cm³/mol. The Kier molecular flexibility index (Phi) is 3.90. The Bertz CT molecular complexity index is 877. The molecule has 1 aromatic heterocycles. The van der Waals surface area contributed by atoms with Gasteiger partial charge in [0.1, 0.15) is 5.82 Å². The number of nitrogens with zero attached hydrogens (tertiary/aromatic N) is 2. The number of carbonyl (C=O) groups is 1. The topological polar surface area (TPSA) is 55.1 Å². The molecule has 0 aliphatic carbocycles. The molecule has 1 N–H and O–H groups in total. The van der Waals surface area contributed by atoms with E-state index in [1.165, 1.54) is 16.7 Å². The molecule has 0 fully saturated rings. The fraction of sp³-hybridized carbons (Fsp3) is 0.263. The highest BCUT2D eigenvalue weighted by Gasteiger charge is 2.14. The number of imidazole rings is 1. The average molecular weight is 308 g/mol. The van der Waals surface area contributed by atoms with Gasteiger partial charge in [-0.15, -0.1) is 0 Å². The smallest absolute Gasteiger partial charge is 0.305 e. The number of fused-ring (bicyclic) bond motifs is 1. The van der Waals surface area contributed by atoms with E-state index in [0.29, 0.717) is 6.54 Å². The third-order valence-corrected chi connectivity index (χ3v) is 4.22. The number of hydrogen-bond donors (Lipinski definition) is 1. The quantitative estimate of drug-likeness (QED) is 0.789. The highest BCUT2D eigenvalue weighted by atomic mass is 16.4. The number of rotatable bonds is 4. The van der Waals surface area contributed by atoms with Gasteiger partial charge in [0.15, 0.2) is 0 Å². The molecule has 0 aliphatic heterocycles. The Balaban J connectivity index is 2.20. The molecule has 0 atom stereocenters. The first-order valence-corrected chi connectivity index (χ1v) is 7.72. The maximum absolute atomic E-state index is 11.0. The lowest BCUT2D eigenvalue weighted by molar-refractivity contribution is -0.137. The molecular formula is C19H20N2O2. The first-order valence-electron chi connectivity index (χ1n) is 7.72. The second-order valence-corrected chi connectivity index (χ2v) is 6.02. The van der Waals surface area contributed by atoms with Gasteiger partial charge in [-0.05, 0) is 44.0 Å². The molecule has 0 bridgehead atoms. The number of benzene rings is 2. The summed E-state index contributed by atoms with van der Waals surface area (Å²) in [7, 11) is 0. The lowest BCUT2D eigenvalue weighted by atomic mass is 10.1. The Labute approximate surface area is 135 Å². The summed E-state index contributed by atoms with van der Waals surface area (Å²) in [5, 5.41) is 9.05. The van der Waals surface area contributed by atoms with Gasteiger partial charge in [0.2, 0.25) is 0 Å². The standard InChI is InChI=1S/C19H20N2O2/c1-12-4-6-15(7-5-12)19-20-16-10-13(2)14(3)11-17(16)21(19)9-8-18(22)23/h4-7,10-11H,8-9H2,1-3H3,(H,22,23). The SMILES string of the molecule is Cc1ccc(-c2nc3cc(C)c(C)cc3n2CCC(=O)O)cc1. The minimum Gasteiger partial charge on any atom is -0.481 e. The van der Waals surface area contributed by atoms with Crippen molar-refractivity contribution >= 4 is 17.0 Å². The van der Waals surface area contributed by atoms with Gasteiger partial charge in [0.05, 0.1) is 17.5 Å². The van der Waals surface area contributed by atoms with Crippen LogP contribution in [0.2, 0.25) is 0 Å². The Morgan fingerprint density at radius 3 is 2.39 bits per heavy atom. The summed E-state index contributed by atoms with van der Waals surface area (Å²) in [5.74, 6) is 0.0248. The number of hydrogen-bond acceptors (Lipinski definition) is 2. The number of aryl methyl sites for hydroxylation is 4. The van der Waals surface area contributed by atoms with E-state index in [1.807, 2.05) is 35.8 Å². The third kappa shape index (κ3) is 2.97. The lowest BCUT2D eigenvalue weighted by Gasteiger charge is -2.09. The van der Waals surface area contributed by atoms with Gasteiger partial charge in [-0.25, -0.2) is 4.98 Å². The molecule has 0 aliphatic rings. The van der Waals surface area contributed by atoms with Crippen LogP contribution in [0.15, 0.2) is 36.4 Å². The van der Waals surface area contributed by atoms with E-state index in [9.17, 15) is 4.79 Å². The van der Waals surface area contributed by atoms with E-state index in [0.717, 1.165) is 22.4 Å². The predicted octanol–water partition coefficient (Wildman–Crippen LogP) is 4.10. The maximum Gasteiger partial charge on any atom is 0.305 e. The molecule has 0 saturated carbocycles. The van der Waals surface area contributed by atoms with Crippen molar-refractivity contribution in [3.05, 3.63) is 53.1 Å².